The Kier molecular flexibility index (Phi) is 5.35. The van der Waals surface area contributed by atoms with Crippen molar-refractivity contribution in [2.24, 2.45) is 0 Å². The first kappa shape index (κ1) is 17.0. The van der Waals surface area contributed by atoms with Gasteiger partial charge in [0.05, 0.1) is 0 Å². The molecule has 0 radical (unpaired) electrons. The van der Waals surface area contributed by atoms with Gasteiger partial charge in [-0.3, -0.25) is 9.59 Å². The Bertz CT molecular complexity index is 735. The van der Waals surface area contributed by atoms with Crippen LogP contribution in [-0.2, 0) is 0 Å². The van der Waals surface area contributed by atoms with E-state index < -0.39 is 0 Å². The van der Waals surface area contributed by atoms with Gasteiger partial charge in [0.1, 0.15) is 0 Å². The minimum absolute atomic E-state index is 0.0863. The monoisotopic (exact) mass is 322 g/mol. The Morgan fingerprint density at radius 2 is 1.09 bits per heavy atom. The summed E-state index contributed by atoms with van der Waals surface area (Å²) in [7, 11) is 0. The number of rotatable bonds is 6. The summed E-state index contributed by atoms with van der Waals surface area (Å²) in [6.45, 7) is 10.8. The van der Waals surface area contributed by atoms with Crippen LogP contribution in [0.5, 0.6) is 0 Å². The van der Waals surface area contributed by atoms with Gasteiger partial charge in [-0.25, -0.2) is 0 Å². The van der Waals surface area contributed by atoms with E-state index in [0.29, 0.717) is 22.3 Å². The number of hydrogen-bond donors (Lipinski definition) is 0. The Morgan fingerprint density at radius 1 is 0.739 bits per heavy atom. The number of hydrogen-bond acceptors (Lipinski definition) is 3. The molecule has 0 aliphatic rings. The van der Waals surface area contributed by atoms with Gasteiger partial charge < -0.3 is 0 Å². The standard InChI is InChI=1S/C20H18O2S/c1-13(2)19(21)15-9-5-7-11-17(15)23-18-12-8-6-10-16(18)20(22)14(3)4/h5-12H,1,3H2,2,4H3. The fourth-order valence-electron chi connectivity index (χ4n) is 2.06. The maximum absolute atomic E-state index is 12.3. The van der Waals surface area contributed by atoms with Crippen molar-refractivity contribution >= 4 is 23.3 Å². The highest BCUT2D eigenvalue weighted by Gasteiger charge is 2.16. The second-order valence-corrected chi connectivity index (χ2v) is 6.40. The summed E-state index contributed by atoms with van der Waals surface area (Å²) in [5, 5.41) is 0. The first-order chi connectivity index (χ1) is 10.9. The fourth-order valence-corrected chi connectivity index (χ4v) is 3.14. The second-order valence-electron chi connectivity index (χ2n) is 5.31. The summed E-state index contributed by atoms with van der Waals surface area (Å²) >= 11 is 1.41. The molecule has 2 nitrogen and oxygen atoms in total. The van der Waals surface area contributed by atoms with Gasteiger partial charge in [0.25, 0.3) is 0 Å². The lowest BCUT2D eigenvalue weighted by Crippen LogP contribution is -2.03. The van der Waals surface area contributed by atoms with Crippen molar-refractivity contribution < 1.29 is 9.59 Å². The lowest BCUT2D eigenvalue weighted by Gasteiger charge is -2.11. The average molecular weight is 322 g/mol. The Balaban J connectivity index is 2.46. The zero-order valence-corrected chi connectivity index (χ0v) is 14.1. The molecular formula is C20H18O2S. The molecule has 0 unspecified atom stereocenters. The molecule has 0 saturated heterocycles. The maximum atomic E-state index is 12.3. The highest BCUT2D eigenvalue weighted by Crippen LogP contribution is 2.34. The molecule has 0 spiro atoms. The van der Waals surface area contributed by atoms with E-state index >= 15 is 0 Å². The smallest absolute Gasteiger partial charge is 0.189 e. The molecule has 116 valence electrons. The topological polar surface area (TPSA) is 34.1 Å². The molecule has 2 rings (SSSR count). The molecule has 0 amide bonds. The van der Waals surface area contributed by atoms with Crippen LogP contribution < -0.4 is 0 Å². The van der Waals surface area contributed by atoms with Crippen LogP contribution in [0.4, 0.5) is 0 Å². The minimum Gasteiger partial charge on any atom is -0.289 e. The van der Waals surface area contributed by atoms with E-state index in [-0.39, 0.29) is 11.6 Å². The molecule has 0 saturated carbocycles. The summed E-state index contributed by atoms with van der Waals surface area (Å²) < 4.78 is 0. The summed E-state index contributed by atoms with van der Waals surface area (Å²) in [6.07, 6.45) is 0. The van der Waals surface area contributed by atoms with Crippen LogP contribution in [0.25, 0.3) is 0 Å². The molecule has 23 heavy (non-hydrogen) atoms. The van der Waals surface area contributed by atoms with Gasteiger partial charge >= 0.3 is 0 Å². The molecule has 0 N–H and O–H groups in total. The third-order valence-corrected chi connectivity index (χ3v) is 4.41. The number of ketones is 2. The van der Waals surface area contributed by atoms with Crippen LogP contribution in [0.3, 0.4) is 0 Å². The zero-order chi connectivity index (χ0) is 17.0. The molecule has 0 fully saturated rings. The molecule has 0 aliphatic carbocycles. The van der Waals surface area contributed by atoms with Gasteiger partial charge in [-0.15, -0.1) is 0 Å². The normalized spacial score (nSPS) is 10.2. The third kappa shape index (κ3) is 3.88. The van der Waals surface area contributed by atoms with Crippen LogP contribution in [0.2, 0.25) is 0 Å². The molecule has 3 heteroatoms. The first-order valence-electron chi connectivity index (χ1n) is 7.18. The van der Waals surface area contributed by atoms with E-state index in [1.807, 2.05) is 36.4 Å². The molecule has 2 aromatic carbocycles. The van der Waals surface area contributed by atoms with Gasteiger partial charge in [0.15, 0.2) is 11.6 Å². The van der Waals surface area contributed by atoms with Crippen LogP contribution >= 0.6 is 11.8 Å². The predicted octanol–water partition coefficient (Wildman–Crippen LogP) is 5.36. The fraction of sp³-hybridized carbons (Fsp3) is 0.100. The van der Waals surface area contributed by atoms with Crippen molar-refractivity contribution in [2.45, 2.75) is 23.6 Å². The van der Waals surface area contributed by atoms with Gasteiger partial charge in [-0.05, 0) is 49.3 Å². The van der Waals surface area contributed by atoms with E-state index in [1.54, 1.807) is 26.0 Å². The second kappa shape index (κ2) is 7.25. The van der Waals surface area contributed by atoms with E-state index in [0.717, 1.165) is 9.79 Å². The molecule has 0 bridgehead atoms. The van der Waals surface area contributed by atoms with Crippen LogP contribution in [0.15, 0.2) is 82.6 Å². The number of carbonyl (C=O) groups excluding carboxylic acids is 2. The number of Topliss-reactive ketones (excluding diaryl/α,β-unsaturated/α-hetero) is 2. The average Bonchev–Trinajstić information content (AvgIpc) is 2.54. The number of benzene rings is 2. The predicted molar refractivity (Wildman–Crippen MR) is 95.3 cm³/mol. The zero-order valence-electron chi connectivity index (χ0n) is 13.3. The summed E-state index contributed by atoms with van der Waals surface area (Å²) in [5.41, 5.74) is 2.18. The van der Waals surface area contributed by atoms with Crippen molar-refractivity contribution in [3.05, 3.63) is 84.0 Å². The van der Waals surface area contributed by atoms with E-state index in [9.17, 15) is 9.59 Å². The van der Waals surface area contributed by atoms with E-state index in [4.69, 9.17) is 0 Å². The van der Waals surface area contributed by atoms with E-state index in [2.05, 4.69) is 13.2 Å². The molecule has 2 aromatic rings. The highest BCUT2D eigenvalue weighted by molar-refractivity contribution is 7.99. The molecule has 0 aromatic heterocycles. The van der Waals surface area contributed by atoms with Crippen molar-refractivity contribution in [1.82, 2.24) is 0 Å². The van der Waals surface area contributed by atoms with Crippen molar-refractivity contribution in [1.29, 1.82) is 0 Å². The van der Waals surface area contributed by atoms with Crippen LogP contribution in [-0.4, -0.2) is 11.6 Å². The molecular weight excluding hydrogens is 304 g/mol. The minimum atomic E-state index is -0.0863. The van der Waals surface area contributed by atoms with E-state index in [1.165, 1.54) is 11.8 Å². The number of carbonyl (C=O) groups is 2. The SMILES string of the molecule is C=C(C)C(=O)c1ccccc1Sc1ccccc1C(=O)C(=C)C. The van der Waals surface area contributed by atoms with Gasteiger partial charge in [0, 0.05) is 20.9 Å². The molecule has 0 aliphatic heterocycles. The summed E-state index contributed by atoms with van der Waals surface area (Å²) in [6, 6.07) is 14.7. The third-order valence-electron chi connectivity index (χ3n) is 3.26. The van der Waals surface area contributed by atoms with Crippen LogP contribution in [0, 0.1) is 0 Å². The van der Waals surface area contributed by atoms with Gasteiger partial charge in [-0.1, -0.05) is 49.2 Å². The molecule has 0 heterocycles. The molecule has 0 atom stereocenters. The quantitative estimate of drug-likeness (QED) is 0.530. The lowest BCUT2D eigenvalue weighted by atomic mass is 10.1. The van der Waals surface area contributed by atoms with Crippen molar-refractivity contribution in [3.8, 4) is 0 Å². The van der Waals surface area contributed by atoms with Gasteiger partial charge in [0.2, 0.25) is 0 Å². The maximum Gasteiger partial charge on any atom is 0.189 e. The first-order valence-corrected chi connectivity index (χ1v) is 7.99. The largest absolute Gasteiger partial charge is 0.289 e. The summed E-state index contributed by atoms with van der Waals surface area (Å²) in [5.74, 6) is -0.173. The number of allylic oxidation sites excluding steroid dienone is 2. The van der Waals surface area contributed by atoms with Crippen LogP contribution in [0.1, 0.15) is 34.6 Å². The highest BCUT2D eigenvalue weighted by atomic mass is 32.2. The Hall–Kier alpha value is -2.39. The Labute approximate surface area is 140 Å². The Morgan fingerprint density at radius 3 is 1.43 bits per heavy atom. The van der Waals surface area contributed by atoms with Crippen molar-refractivity contribution in [3.63, 3.8) is 0 Å². The summed E-state index contributed by atoms with van der Waals surface area (Å²) in [4.78, 5) is 26.2. The van der Waals surface area contributed by atoms with Crippen molar-refractivity contribution in [2.75, 3.05) is 0 Å². The lowest BCUT2D eigenvalue weighted by molar-refractivity contribution is 0.102. The van der Waals surface area contributed by atoms with Gasteiger partial charge in [-0.2, -0.15) is 0 Å².